The summed E-state index contributed by atoms with van der Waals surface area (Å²) < 4.78 is 40.4. The molecule has 4 rings (SSSR count). The van der Waals surface area contributed by atoms with E-state index in [1.54, 1.807) is 30.3 Å². The van der Waals surface area contributed by atoms with Gasteiger partial charge in [0.2, 0.25) is 10.0 Å². The van der Waals surface area contributed by atoms with Crippen LogP contribution in [0.25, 0.3) is 0 Å². The van der Waals surface area contributed by atoms with E-state index in [2.05, 4.69) is 16.2 Å². The number of rotatable bonds is 11. The maximum atomic E-state index is 12.5. The predicted octanol–water partition coefficient (Wildman–Crippen LogP) is 4.32. The molecule has 7 nitrogen and oxygen atoms in total. The van der Waals surface area contributed by atoms with E-state index in [1.165, 1.54) is 0 Å². The molecule has 3 aromatic rings. The van der Waals surface area contributed by atoms with Gasteiger partial charge in [0.05, 0.1) is 23.7 Å². The first-order valence-corrected chi connectivity index (χ1v) is 13.8. The number of ether oxygens (including phenoxy) is 2. The topological polar surface area (TPSA) is 88.1 Å². The van der Waals surface area contributed by atoms with Crippen LogP contribution in [0, 0.1) is 0 Å². The summed E-state index contributed by atoms with van der Waals surface area (Å²) in [5, 5.41) is 9.38. The highest BCUT2D eigenvalue weighted by Crippen LogP contribution is 2.38. The molecule has 1 fully saturated rings. The average Bonchev–Trinajstić information content (AvgIpc) is 2.93. The van der Waals surface area contributed by atoms with Gasteiger partial charge in [0.25, 0.3) is 0 Å². The van der Waals surface area contributed by atoms with E-state index in [4.69, 9.17) is 9.47 Å². The van der Waals surface area contributed by atoms with E-state index in [1.807, 2.05) is 61.7 Å². The number of likely N-dealkylation sites (N-methyl/N-ethyl adjacent to an activating group) is 1. The standard InChI is InChI=1S/C29H34N2O5S/c1-3-17-31(2)20-26-18-28(24-13-11-23(21-32)12-14-24)36-29(35-26)25-15-9-22(10-16-25)19-30-37(33,34)27-7-5-4-6-8-27/h3-16,26,28-30,32H,1,17-21H2,2H3/t26-,28+,29?/m0/s1. The summed E-state index contributed by atoms with van der Waals surface area (Å²) in [6.45, 7) is 5.49. The minimum atomic E-state index is -3.58. The van der Waals surface area contributed by atoms with Crippen LogP contribution < -0.4 is 4.72 Å². The molecule has 1 saturated heterocycles. The first kappa shape index (κ1) is 27.2. The van der Waals surface area contributed by atoms with Crippen LogP contribution in [-0.4, -0.2) is 44.7 Å². The molecule has 0 amide bonds. The molecule has 37 heavy (non-hydrogen) atoms. The Bertz CT molecular complexity index is 1250. The number of benzene rings is 3. The fraction of sp³-hybridized carbons (Fsp3) is 0.310. The van der Waals surface area contributed by atoms with E-state index in [0.29, 0.717) is 6.42 Å². The summed E-state index contributed by atoms with van der Waals surface area (Å²) in [7, 11) is -1.55. The van der Waals surface area contributed by atoms with E-state index < -0.39 is 16.3 Å². The molecule has 196 valence electrons. The normalized spacial score (nSPS) is 20.1. The Balaban J connectivity index is 1.47. The smallest absolute Gasteiger partial charge is 0.240 e. The monoisotopic (exact) mass is 522 g/mol. The highest BCUT2D eigenvalue weighted by molar-refractivity contribution is 7.89. The lowest BCUT2D eigenvalue weighted by Crippen LogP contribution is -2.37. The molecule has 3 aromatic carbocycles. The van der Waals surface area contributed by atoms with Crippen LogP contribution in [0.4, 0.5) is 0 Å². The molecular formula is C29H34N2O5S. The van der Waals surface area contributed by atoms with Crippen molar-refractivity contribution < 1.29 is 23.0 Å². The largest absolute Gasteiger partial charge is 0.392 e. The number of aliphatic hydroxyl groups excluding tert-OH is 1. The van der Waals surface area contributed by atoms with Crippen LogP contribution in [0.1, 0.15) is 41.1 Å². The van der Waals surface area contributed by atoms with Crippen molar-refractivity contribution >= 4 is 10.0 Å². The molecule has 0 aliphatic carbocycles. The third-order valence-electron chi connectivity index (χ3n) is 6.34. The Hall–Kier alpha value is -2.85. The van der Waals surface area contributed by atoms with Crippen molar-refractivity contribution in [3.63, 3.8) is 0 Å². The molecule has 1 aliphatic heterocycles. The third-order valence-corrected chi connectivity index (χ3v) is 7.76. The first-order valence-electron chi connectivity index (χ1n) is 12.3. The fourth-order valence-electron chi connectivity index (χ4n) is 4.33. The number of aliphatic hydroxyl groups is 1. The molecule has 2 N–H and O–H groups in total. The number of hydrogen-bond acceptors (Lipinski definition) is 6. The Morgan fingerprint density at radius 1 is 0.973 bits per heavy atom. The third kappa shape index (κ3) is 7.35. The van der Waals surface area contributed by atoms with Crippen LogP contribution in [-0.2, 0) is 32.6 Å². The van der Waals surface area contributed by atoms with E-state index in [9.17, 15) is 13.5 Å². The van der Waals surface area contributed by atoms with E-state index in [-0.39, 0.29) is 30.3 Å². The molecule has 3 atom stereocenters. The first-order chi connectivity index (χ1) is 17.9. The van der Waals surface area contributed by atoms with Gasteiger partial charge in [-0.25, -0.2) is 13.1 Å². The van der Waals surface area contributed by atoms with Gasteiger partial charge in [-0.2, -0.15) is 0 Å². The van der Waals surface area contributed by atoms with Crippen molar-refractivity contribution in [3.05, 3.63) is 114 Å². The predicted molar refractivity (Wildman–Crippen MR) is 143 cm³/mol. The van der Waals surface area contributed by atoms with Gasteiger partial charge >= 0.3 is 0 Å². The molecule has 0 saturated carbocycles. The molecule has 1 unspecified atom stereocenters. The summed E-state index contributed by atoms with van der Waals surface area (Å²) in [5.41, 5.74) is 3.59. The van der Waals surface area contributed by atoms with Crippen molar-refractivity contribution in [2.75, 3.05) is 20.1 Å². The highest BCUT2D eigenvalue weighted by Gasteiger charge is 2.32. The Labute approximate surface area is 219 Å². The van der Waals surface area contributed by atoms with Gasteiger partial charge in [0.1, 0.15) is 0 Å². The van der Waals surface area contributed by atoms with Crippen LogP contribution in [0.2, 0.25) is 0 Å². The zero-order valence-electron chi connectivity index (χ0n) is 21.0. The number of nitrogens with zero attached hydrogens (tertiary/aromatic N) is 1. The number of sulfonamides is 1. The lowest BCUT2D eigenvalue weighted by Gasteiger charge is -2.37. The van der Waals surface area contributed by atoms with Gasteiger partial charge in [-0.15, -0.1) is 6.58 Å². The minimum absolute atomic E-state index is 0.000365. The summed E-state index contributed by atoms with van der Waals surface area (Å²) in [5.74, 6) is 0. The number of hydrogen-bond donors (Lipinski definition) is 2. The summed E-state index contributed by atoms with van der Waals surface area (Å²) in [4.78, 5) is 2.40. The second kappa shape index (κ2) is 12.6. The van der Waals surface area contributed by atoms with E-state index in [0.717, 1.165) is 35.3 Å². The Kier molecular flexibility index (Phi) is 9.26. The molecule has 0 aromatic heterocycles. The van der Waals surface area contributed by atoms with Crippen LogP contribution in [0.15, 0.2) is 96.4 Å². The zero-order valence-corrected chi connectivity index (χ0v) is 21.8. The van der Waals surface area contributed by atoms with Crippen molar-refractivity contribution in [1.82, 2.24) is 9.62 Å². The Morgan fingerprint density at radius 3 is 2.27 bits per heavy atom. The molecule has 0 bridgehead atoms. The molecular weight excluding hydrogens is 488 g/mol. The van der Waals surface area contributed by atoms with Crippen molar-refractivity contribution in [2.24, 2.45) is 0 Å². The van der Waals surface area contributed by atoms with Crippen molar-refractivity contribution in [3.8, 4) is 0 Å². The van der Waals surface area contributed by atoms with Gasteiger partial charge < -0.3 is 19.5 Å². The lowest BCUT2D eigenvalue weighted by atomic mass is 9.99. The second-order valence-corrected chi connectivity index (χ2v) is 11.0. The average molecular weight is 523 g/mol. The molecule has 0 spiro atoms. The second-order valence-electron chi connectivity index (χ2n) is 9.24. The molecule has 1 aliphatic rings. The van der Waals surface area contributed by atoms with E-state index >= 15 is 0 Å². The van der Waals surface area contributed by atoms with Gasteiger partial charge in [0, 0.05) is 31.6 Å². The van der Waals surface area contributed by atoms with Crippen LogP contribution >= 0.6 is 0 Å². The highest BCUT2D eigenvalue weighted by atomic mass is 32.2. The maximum Gasteiger partial charge on any atom is 0.240 e. The van der Waals surface area contributed by atoms with Crippen molar-refractivity contribution in [2.45, 2.75) is 43.0 Å². The molecule has 1 heterocycles. The van der Waals surface area contributed by atoms with Gasteiger partial charge in [0.15, 0.2) is 6.29 Å². The molecule has 8 heteroatoms. The maximum absolute atomic E-state index is 12.5. The summed E-state index contributed by atoms with van der Waals surface area (Å²) in [6.07, 6.45) is 1.80. The minimum Gasteiger partial charge on any atom is -0.392 e. The number of nitrogens with one attached hydrogen (secondary N) is 1. The van der Waals surface area contributed by atoms with Crippen molar-refractivity contribution in [1.29, 1.82) is 0 Å². The van der Waals surface area contributed by atoms with Gasteiger partial charge in [-0.1, -0.05) is 72.8 Å². The van der Waals surface area contributed by atoms with Crippen LogP contribution in [0.3, 0.4) is 0 Å². The van der Waals surface area contributed by atoms with Gasteiger partial charge in [-0.3, -0.25) is 0 Å². The van der Waals surface area contributed by atoms with Gasteiger partial charge in [-0.05, 0) is 35.9 Å². The zero-order chi connectivity index (χ0) is 26.3. The summed E-state index contributed by atoms with van der Waals surface area (Å²) >= 11 is 0. The lowest BCUT2D eigenvalue weighted by molar-refractivity contribution is -0.252. The SMILES string of the molecule is C=CCN(C)C[C@@H]1C[C@H](c2ccc(CO)cc2)OC(c2ccc(CNS(=O)(=O)c3ccccc3)cc2)O1. The van der Waals surface area contributed by atoms with Crippen LogP contribution in [0.5, 0.6) is 0 Å². The fourth-order valence-corrected chi connectivity index (χ4v) is 5.37. The summed E-state index contributed by atoms with van der Waals surface area (Å²) in [6, 6.07) is 23.7. The quantitative estimate of drug-likeness (QED) is 0.365. The molecule has 0 radical (unpaired) electrons. The Morgan fingerprint density at radius 2 is 1.62 bits per heavy atom.